The molecule has 0 bridgehead atoms. The number of rotatable bonds is 3. The minimum absolute atomic E-state index is 0.153. The van der Waals surface area contributed by atoms with Crippen LogP contribution in [-0.2, 0) is 24.4 Å². The van der Waals surface area contributed by atoms with Gasteiger partial charge in [0.15, 0.2) is 11.5 Å². The predicted molar refractivity (Wildman–Crippen MR) is 94.6 cm³/mol. The molecule has 0 saturated heterocycles. The van der Waals surface area contributed by atoms with Gasteiger partial charge in [-0.1, -0.05) is 6.07 Å². The van der Waals surface area contributed by atoms with Crippen LogP contribution >= 0.6 is 0 Å². The lowest BCUT2D eigenvalue weighted by molar-refractivity contribution is -0.141. The van der Waals surface area contributed by atoms with Gasteiger partial charge in [-0.05, 0) is 36.3 Å². The van der Waals surface area contributed by atoms with Crippen LogP contribution in [0, 0.1) is 0 Å². The van der Waals surface area contributed by atoms with Crippen LogP contribution in [0.4, 0.5) is 13.2 Å². The maximum atomic E-state index is 12.9. The fraction of sp³-hybridized carbons (Fsp3) is 0.235. The summed E-state index contributed by atoms with van der Waals surface area (Å²) in [6, 6.07) is 6.30. The highest BCUT2D eigenvalue weighted by Crippen LogP contribution is 2.34. The summed E-state index contributed by atoms with van der Waals surface area (Å²) < 4.78 is 54.7. The number of alkyl halides is 3. The Labute approximate surface area is 154 Å². The van der Waals surface area contributed by atoms with Crippen LogP contribution in [0.1, 0.15) is 12.6 Å². The second-order valence-corrected chi connectivity index (χ2v) is 7.57. The Kier molecular flexibility index (Phi) is 4.11. The number of nitrogens with zero attached hydrogens (tertiary/aromatic N) is 5. The van der Waals surface area contributed by atoms with Gasteiger partial charge in [-0.25, -0.2) is 14.5 Å². The highest BCUT2D eigenvalue weighted by Gasteiger charge is 2.33. The highest BCUT2D eigenvalue weighted by molar-refractivity contribution is 7.91. The highest BCUT2D eigenvalue weighted by atomic mass is 32.2. The molecule has 0 aromatic carbocycles. The summed E-state index contributed by atoms with van der Waals surface area (Å²) in [5.74, 6) is 0.721. The van der Waals surface area contributed by atoms with Crippen LogP contribution in [-0.4, -0.2) is 34.5 Å². The Morgan fingerprint density at radius 2 is 2.00 bits per heavy atom. The molecule has 0 amide bonds. The standard InChI is InChI=1S/C17H14F3N5OS/c1-3-27(26)15-11-6-4-5-7-25(11)23-14(15)16-22-10-8-13(17(18,19)20)21-9-12(10)24(16)2/h4-9H,3H2,1-2H3. The molecule has 1 atom stereocenters. The lowest BCUT2D eigenvalue weighted by Crippen LogP contribution is -2.07. The van der Waals surface area contributed by atoms with E-state index in [9.17, 15) is 17.7 Å². The largest absolute Gasteiger partial charge is 0.611 e. The molecule has 4 rings (SSSR count). The third kappa shape index (κ3) is 2.85. The van der Waals surface area contributed by atoms with Crippen LogP contribution < -0.4 is 0 Å². The van der Waals surface area contributed by atoms with Gasteiger partial charge < -0.3 is 9.12 Å². The first kappa shape index (κ1) is 17.8. The number of hydrogen-bond donors (Lipinski definition) is 0. The summed E-state index contributed by atoms with van der Waals surface area (Å²) in [5.41, 5.74) is 0.637. The van der Waals surface area contributed by atoms with Crippen molar-refractivity contribution in [3.8, 4) is 11.5 Å². The number of aryl methyl sites for hydroxylation is 1. The molecule has 4 aromatic rings. The topological polar surface area (TPSA) is 71.1 Å². The van der Waals surface area contributed by atoms with Gasteiger partial charge >= 0.3 is 6.18 Å². The Hall–Kier alpha value is -2.59. The summed E-state index contributed by atoms with van der Waals surface area (Å²) in [7, 11) is 1.67. The van der Waals surface area contributed by atoms with Gasteiger partial charge in [-0.2, -0.15) is 18.3 Å². The first-order valence-electron chi connectivity index (χ1n) is 8.07. The molecule has 1 unspecified atom stereocenters. The molecule has 0 spiro atoms. The molecular weight excluding hydrogens is 379 g/mol. The predicted octanol–water partition coefficient (Wildman–Crippen LogP) is 3.43. The number of pyridine rings is 2. The van der Waals surface area contributed by atoms with Crippen molar-refractivity contribution in [3.63, 3.8) is 0 Å². The van der Waals surface area contributed by atoms with Gasteiger partial charge in [-0.3, -0.25) is 0 Å². The van der Waals surface area contributed by atoms with Gasteiger partial charge in [0.05, 0.1) is 17.2 Å². The molecule has 4 heterocycles. The maximum Gasteiger partial charge on any atom is 0.433 e. The van der Waals surface area contributed by atoms with E-state index >= 15 is 0 Å². The summed E-state index contributed by atoms with van der Waals surface area (Å²) in [5, 5.41) is 4.48. The molecule has 0 fully saturated rings. The average molecular weight is 393 g/mol. The fourth-order valence-electron chi connectivity index (χ4n) is 2.95. The SMILES string of the molecule is CC[S+]([O-])c1c(-c2nc3cc(C(F)(F)F)ncc3n2C)nn2ccccc12. The van der Waals surface area contributed by atoms with Crippen molar-refractivity contribution in [2.75, 3.05) is 5.75 Å². The summed E-state index contributed by atoms with van der Waals surface area (Å²) >= 11 is -1.33. The van der Waals surface area contributed by atoms with E-state index in [1.807, 2.05) is 6.07 Å². The van der Waals surface area contributed by atoms with E-state index in [4.69, 9.17) is 0 Å². The molecule has 4 aromatic heterocycles. The Morgan fingerprint density at radius 1 is 1.22 bits per heavy atom. The van der Waals surface area contributed by atoms with E-state index in [-0.39, 0.29) is 5.52 Å². The molecule has 0 N–H and O–H groups in total. The number of imidazole rings is 1. The summed E-state index contributed by atoms with van der Waals surface area (Å²) in [4.78, 5) is 8.35. The van der Waals surface area contributed by atoms with Crippen molar-refractivity contribution >= 4 is 27.7 Å². The van der Waals surface area contributed by atoms with Gasteiger partial charge in [-0.15, -0.1) is 0 Å². The van der Waals surface area contributed by atoms with Gasteiger partial charge in [0.25, 0.3) is 0 Å². The van der Waals surface area contributed by atoms with Crippen molar-refractivity contribution in [3.05, 3.63) is 42.4 Å². The lowest BCUT2D eigenvalue weighted by Gasteiger charge is -2.08. The Morgan fingerprint density at radius 3 is 2.70 bits per heavy atom. The van der Waals surface area contributed by atoms with E-state index < -0.39 is 23.0 Å². The molecule has 140 valence electrons. The number of halogens is 3. The first-order chi connectivity index (χ1) is 12.8. The fourth-order valence-corrected chi connectivity index (χ4v) is 3.98. The van der Waals surface area contributed by atoms with E-state index in [1.165, 1.54) is 0 Å². The average Bonchev–Trinajstić information content (AvgIpc) is 3.18. The smallest absolute Gasteiger partial charge is 0.433 e. The van der Waals surface area contributed by atoms with Crippen molar-refractivity contribution in [2.24, 2.45) is 7.05 Å². The number of aromatic nitrogens is 5. The molecule has 0 aliphatic carbocycles. The zero-order chi connectivity index (χ0) is 19.3. The molecule has 6 nitrogen and oxygen atoms in total. The lowest BCUT2D eigenvalue weighted by atomic mass is 10.3. The summed E-state index contributed by atoms with van der Waals surface area (Å²) in [6.07, 6.45) is -1.69. The van der Waals surface area contributed by atoms with Crippen LogP contribution in [0.5, 0.6) is 0 Å². The van der Waals surface area contributed by atoms with Crippen LogP contribution in [0.3, 0.4) is 0 Å². The third-order valence-electron chi connectivity index (χ3n) is 4.25. The zero-order valence-corrected chi connectivity index (χ0v) is 15.2. The van der Waals surface area contributed by atoms with Gasteiger partial charge in [0.2, 0.25) is 4.90 Å². The van der Waals surface area contributed by atoms with Crippen molar-refractivity contribution < 1.29 is 17.7 Å². The van der Waals surface area contributed by atoms with Crippen LogP contribution in [0.25, 0.3) is 28.1 Å². The quantitative estimate of drug-likeness (QED) is 0.500. The molecule has 10 heteroatoms. The third-order valence-corrected chi connectivity index (χ3v) is 5.64. The monoisotopic (exact) mass is 393 g/mol. The molecule has 0 radical (unpaired) electrons. The van der Waals surface area contributed by atoms with Crippen molar-refractivity contribution in [2.45, 2.75) is 18.0 Å². The zero-order valence-electron chi connectivity index (χ0n) is 14.4. The van der Waals surface area contributed by atoms with Gasteiger partial charge in [0, 0.05) is 13.2 Å². The Balaban J connectivity index is 1.98. The minimum Gasteiger partial charge on any atom is -0.611 e. The maximum absolute atomic E-state index is 12.9. The van der Waals surface area contributed by atoms with Crippen LogP contribution in [0.2, 0.25) is 0 Å². The van der Waals surface area contributed by atoms with E-state index in [1.54, 1.807) is 41.4 Å². The van der Waals surface area contributed by atoms with Crippen LogP contribution in [0.15, 0.2) is 41.6 Å². The molecular formula is C17H14F3N5OS. The Bertz CT molecular complexity index is 1150. The molecule has 27 heavy (non-hydrogen) atoms. The second-order valence-electron chi connectivity index (χ2n) is 5.89. The number of hydrogen-bond acceptors (Lipinski definition) is 4. The van der Waals surface area contributed by atoms with Crippen molar-refractivity contribution in [1.82, 2.24) is 24.1 Å². The normalized spacial score (nSPS) is 13.6. The van der Waals surface area contributed by atoms with E-state index in [2.05, 4.69) is 15.1 Å². The minimum atomic E-state index is -4.55. The summed E-state index contributed by atoms with van der Waals surface area (Å²) in [6.45, 7) is 1.79. The van der Waals surface area contributed by atoms with Gasteiger partial charge in [0.1, 0.15) is 17.0 Å². The van der Waals surface area contributed by atoms with E-state index in [0.29, 0.717) is 33.2 Å². The molecule has 0 saturated carbocycles. The second kappa shape index (κ2) is 6.24. The number of fused-ring (bicyclic) bond motifs is 2. The van der Waals surface area contributed by atoms with E-state index in [0.717, 1.165) is 12.3 Å². The molecule has 0 aliphatic heterocycles. The molecule has 0 aliphatic rings. The first-order valence-corrected chi connectivity index (χ1v) is 9.39. The van der Waals surface area contributed by atoms with Crippen molar-refractivity contribution in [1.29, 1.82) is 0 Å².